The lowest BCUT2D eigenvalue weighted by Gasteiger charge is -2.02. The molecule has 0 fully saturated rings. The number of fused-ring (bicyclic) bond motifs is 1. The first-order chi connectivity index (χ1) is 6.74. The normalized spacial score (nSPS) is 10.7. The number of aromatic nitrogens is 1. The SMILES string of the molecule is Cc1c(CO)[n+](O)cc2ccccc12. The molecule has 1 aromatic heterocycles. The van der Waals surface area contributed by atoms with E-state index in [0.717, 1.165) is 21.1 Å². The largest absolute Gasteiger partial charge is 0.385 e. The summed E-state index contributed by atoms with van der Waals surface area (Å²) in [6.45, 7) is 1.73. The number of aryl methyl sites for hydroxylation is 1. The van der Waals surface area contributed by atoms with Gasteiger partial charge in [0.15, 0.2) is 0 Å². The lowest BCUT2D eigenvalue weighted by Crippen LogP contribution is -2.36. The Morgan fingerprint density at radius 3 is 2.71 bits per heavy atom. The molecule has 0 radical (unpaired) electrons. The molecule has 2 N–H and O–H groups in total. The van der Waals surface area contributed by atoms with Crippen LogP contribution in [0.5, 0.6) is 0 Å². The van der Waals surface area contributed by atoms with Gasteiger partial charge in [-0.2, -0.15) is 0 Å². The lowest BCUT2D eigenvalue weighted by molar-refractivity contribution is -0.909. The Balaban J connectivity index is 2.86. The summed E-state index contributed by atoms with van der Waals surface area (Å²) in [5.41, 5.74) is 1.44. The third-order valence-corrected chi connectivity index (χ3v) is 2.49. The first-order valence-corrected chi connectivity index (χ1v) is 4.47. The number of aliphatic hydroxyl groups is 1. The molecule has 2 rings (SSSR count). The number of nitrogens with zero attached hydrogens (tertiary/aromatic N) is 1. The number of benzene rings is 1. The van der Waals surface area contributed by atoms with Gasteiger partial charge < -0.3 is 5.11 Å². The van der Waals surface area contributed by atoms with Crippen LogP contribution in [-0.2, 0) is 6.61 Å². The summed E-state index contributed by atoms with van der Waals surface area (Å²) in [5, 5.41) is 20.6. The molecule has 0 amide bonds. The highest BCUT2D eigenvalue weighted by molar-refractivity contribution is 5.84. The van der Waals surface area contributed by atoms with Crippen molar-refractivity contribution in [1.82, 2.24) is 0 Å². The molecule has 0 saturated carbocycles. The summed E-state index contributed by atoms with van der Waals surface area (Å²) in [6, 6.07) is 7.76. The van der Waals surface area contributed by atoms with E-state index < -0.39 is 0 Å². The van der Waals surface area contributed by atoms with Gasteiger partial charge in [0.2, 0.25) is 6.20 Å². The van der Waals surface area contributed by atoms with Gasteiger partial charge in [-0.25, -0.2) is 0 Å². The molecule has 1 heterocycles. The average Bonchev–Trinajstić information content (AvgIpc) is 2.18. The zero-order chi connectivity index (χ0) is 10.1. The van der Waals surface area contributed by atoms with E-state index in [1.165, 1.54) is 0 Å². The van der Waals surface area contributed by atoms with Crippen LogP contribution in [0.25, 0.3) is 10.8 Å². The molecule has 72 valence electrons. The van der Waals surface area contributed by atoms with Crippen LogP contribution in [0.2, 0.25) is 0 Å². The van der Waals surface area contributed by atoms with Crippen LogP contribution in [0.3, 0.4) is 0 Å². The van der Waals surface area contributed by atoms with Crippen LogP contribution >= 0.6 is 0 Å². The third kappa shape index (κ3) is 1.22. The van der Waals surface area contributed by atoms with Gasteiger partial charge in [0, 0.05) is 10.3 Å². The summed E-state index contributed by atoms with van der Waals surface area (Å²) in [6.07, 6.45) is 1.61. The average molecular weight is 190 g/mol. The van der Waals surface area contributed by atoms with E-state index in [2.05, 4.69) is 0 Å². The van der Waals surface area contributed by atoms with E-state index in [0.29, 0.717) is 5.69 Å². The molecule has 0 aliphatic carbocycles. The fourth-order valence-corrected chi connectivity index (χ4v) is 1.68. The van der Waals surface area contributed by atoms with Gasteiger partial charge in [0.25, 0.3) is 5.69 Å². The van der Waals surface area contributed by atoms with E-state index >= 15 is 0 Å². The zero-order valence-corrected chi connectivity index (χ0v) is 7.94. The van der Waals surface area contributed by atoms with Crippen LogP contribution in [0.4, 0.5) is 0 Å². The molecule has 0 aliphatic heterocycles. The highest BCUT2D eigenvalue weighted by atomic mass is 16.5. The Morgan fingerprint density at radius 2 is 2.00 bits per heavy atom. The smallest absolute Gasteiger partial charge is 0.262 e. The van der Waals surface area contributed by atoms with Crippen molar-refractivity contribution in [3.63, 3.8) is 0 Å². The molecule has 0 atom stereocenters. The molecule has 0 aliphatic rings. The molecule has 14 heavy (non-hydrogen) atoms. The summed E-state index contributed by atoms with van der Waals surface area (Å²) >= 11 is 0. The molecule has 3 heteroatoms. The maximum absolute atomic E-state index is 9.55. The standard InChI is InChI=1S/C11H12NO2/c1-8-10-5-3-2-4-9(10)6-12(14)11(8)7-13/h2-6,13-14H,7H2,1H3/q+1. The van der Waals surface area contributed by atoms with Crippen molar-refractivity contribution in [2.24, 2.45) is 0 Å². The summed E-state index contributed by atoms with van der Waals surface area (Å²) in [4.78, 5) is 0. The Morgan fingerprint density at radius 1 is 1.29 bits per heavy atom. The molecule has 0 saturated heterocycles. The highest BCUT2D eigenvalue weighted by Gasteiger charge is 2.15. The molecule has 3 nitrogen and oxygen atoms in total. The van der Waals surface area contributed by atoms with Gasteiger partial charge in [0.05, 0.1) is 5.39 Å². The van der Waals surface area contributed by atoms with Crippen molar-refractivity contribution < 1.29 is 15.0 Å². The van der Waals surface area contributed by atoms with Gasteiger partial charge in [-0.1, -0.05) is 18.2 Å². The van der Waals surface area contributed by atoms with Gasteiger partial charge in [-0.3, -0.25) is 5.21 Å². The first-order valence-electron chi connectivity index (χ1n) is 4.47. The van der Waals surface area contributed by atoms with Crippen LogP contribution in [0, 0.1) is 6.92 Å². The second kappa shape index (κ2) is 3.27. The molecule has 1 aromatic carbocycles. The van der Waals surface area contributed by atoms with E-state index in [4.69, 9.17) is 5.11 Å². The minimum Gasteiger partial charge on any atom is -0.385 e. The Hall–Kier alpha value is -1.61. The van der Waals surface area contributed by atoms with E-state index in [1.807, 2.05) is 31.2 Å². The maximum atomic E-state index is 9.55. The topological polar surface area (TPSA) is 44.3 Å². The van der Waals surface area contributed by atoms with E-state index in [1.54, 1.807) is 6.20 Å². The zero-order valence-electron chi connectivity index (χ0n) is 7.94. The molecule has 0 bridgehead atoms. The highest BCUT2D eigenvalue weighted by Crippen LogP contribution is 2.17. The summed E-state index contributed by atoms with van der Waals surface area (Å²) in [5.74, 6) is 0. The van der Waals surface area contributed by atoms with E-state index in [9.17, 15) is 5.21 Å². The quantitative estimate of drug-likeness (QED) is 0.523. The van der Waals surface area contributed by atoms with Crippen molar-refractivity contribution in [1.29, 1.82) is 0 Å². The monoisotopic (exact) mass is 190 g/mol. The van der Waals surface area contributed by atoms with Crippen LogP contribution < -0.4 is 4.73 Å². The predicted octanol–water partition coefficient (Wildman–Crippen LogP) is 1.17. The number of rotatable bonds is 1. The number of hydrogen-bond donors (Lipinski definition) is 2. The first kappa shape index (κ1) is 8.97. The van der Waals surface area contributed by atoms with Gasteiger partial charge in [-0.05, 0) is 18.4 Å². The number of hydrogen-bond acceptors (Lipinski definition) is 2. The van der Waals surface area contributed by atoms with Crippen molar-refractivity contribution in [3.8, 4) is 0 Å². The third-order valence-electron chi connectivity index (χ3n) is 2.49. The fourth-order valence-electron chi connectivity index (χ4n) is 1.68. The van der Waals surface area contributed by atoms with Crippen molar-refractivity contribution in [2.45, 2.75) is 13.5 Å². The molecule has 2 aromatic rings. The van der Waals surface area contributed by atoms with Crippen molar-refractivity contribution in [2.75, 3.05) is 0 Å². The Kier molecular flexibility index (Phi) is 2.09. The Labute approximate surface area is 81.8 Å². The van der Waals surface area contributed by atoms with Crippen molar-refractivity contribution >= 4 is 10.8 Å². The van der Waals surface area contributed by atoms with E-state index in [-0.39, 0.29) is 6.61 Å². The minimum absolute atomic E-state index is 0.160. The molecule has 0 unspecified atom stereocenters. The van der Waals surface area contributed by atoms with Gasteiger partial charge in [-0.15, -0.1) is 0 Å². The molecular formula is C11H12NO2+. The Bertz CT molecular complexity index is 480. The van der Waals surface area contributed by atoms with Crippen LogP contribution in [0.1, 0.15) is 11.3 Å². The number of aliphatic hydroxyl groups excluding tert-OH is 1. The molecular weight excluding hydrogens is 178 g/mol. The second-order valence-electron chi connectivity index (χ2n) is 3.29. The summed E-state index contributed by atoms with van der Waals surface area (Å²) < 4.78 is 0.984. The van der Waals surface area contributed by atoms with Crippen molar-refractivity contribution in [3.05, 3.63) is 41.7 Å². The van der Waals surface area contributed by atoms with Gasteiger partial charge in [0.1, 0.15) is 6.61 Å². The lowest BCUT2D eigenvalue weighted by atomic mass is 10.1. The second-order valence-corrected chi connectivity index (χ2v) is 3.29. The number of pyridine rings is 1. The predicted molar refractivity (Wildman–Crippen MR) is 52.0 cm³/mol. The van der Waals surface area contributed by atoms with Crippen LogP contribution in [-0.4, -0.2) is 10.3 Å². The maximum Gasteiger partial charge on any atom is 0.262 e. The van der Waals surface area contributed by atoms with Crippen LogP contribution in [0.15, 0.2) is 30.5 Å². The van der Waals surface area contributed by atoms with Gasteiger partial charge >= 0.3 is 0 Å². The molecule has 0 spiro atoms. The summed E-state index contributed by atoms with van der Waals surface area (Å²) in [7, 11) is 0. The fraction of sp³-hybridized carbons (Fsp3) is 0.182. The minimum atomic E-state index is -0.160.